The zero-order chi connectivity index (χ0) is 14.6. The van der Waals surface area contributed by atoms with E-state index < -0.39 is 11.4 Å². The molecule has 0 amide bonds. The maximum atomic E-state index is 11.4. The van der Waals surface area contributed by atoms with Crippen LogP contribution in [-0.4, -0.2) is 18.2 Å². The van der Waals surface area contributed by atoms with Gasteiger partial charge < -0.3 is 9.84 Å². The van der Waals surface area contributed by atoms with E-state index in [9.17, 15) is 9.90 Å². The summed E-state index contributed by atoms with van der Waals surface area (Å²) in [5, 5.41) is 9.41. The second-order valence-corrected chi connectivity index (χ2v) is 5.93. The molecule has 2 rings (SSSR count). The molecule has 0 atom stereocenters. The fourth-order valence-electron chi connectivity index (χ4n) is 3.25. The zero-order valence-electron chi connectivity index (χ0n) is 12.4. The second-order valence-electron chi connectivity index (χ2n) is 5.93. The first-order valence-corrected chi connectivity index (χ1v) is 7.46. The largest absolute Gasteiger partial charge is 0.497 e. The van der Waals surface area contributed by atoms with Gasteiger partial charge in [0.05, 0.1) is 12.5 Å². The summed E-state index contributed by atoms with van der Waals surface area (Å²) >= 11 is 0. The van der Waals surface area contributed by atoms with Crippen LogP contribution in [-0.2, 0) is 11.2 Å². The minimum absolute atomic E-state index is 0.462. The monoisotopic (exact) mass is 276 g/mol. The maximum Gasteiger partial charge on any atom is 0.309 e. The van der Waals surface area contributed by atoms with Crippen molar-refractivity contribution in [2.45, 2.75) is 45.4 Å². The summed E-state index contributed by atoms with van der Waals surface area (Å²) in [5.74, 6) is 0.888. The number of hydrogen-bond donors (Lipinski definition) is 1. The molecule has 1 aliphatic carbocycles. The van der Waals surface area contributed by atoms with Crippen LogP contribution in [0, 0.1) is 11.3 Å². The van der Waals surface area contributed by atoms with Crippen molar-refractivity contribution in [2.24, 2.45) is 11.3 Å². The average Bonchev–Trinajstić information content (AvgIpc) is 2.49. The van der Waals surface area contributed by atoms with Crippen molar-refractivity contribution in [1.29, 1.82) is 0 Å². The Morgan fingerprint density at radius 2 is 1.90 bits per heavy atom. The molecule has 1 fully saturated rings. The Morgan fingerprint density at radius 1 is 1.30 bits per heavy atom. The van der Waals surface area contributed by atoms with Crippen molar-refractivity contribution in [1.82, 2.24) is 0 Å². The number of rotatable bonds is 5. The smallest absolute Gasteiger partial charge is 0.309 e. The zero-order valence-corrected chi connectivity index (χ0v) is 12.4. The van der Waals surface area contributed by atoms with E-state index in [0.717, 1.165) is 44.3 Å². The molecule has 3 nitrogen and oxygen atoms in total. The normalized spacial score (nSPS) is 26.2. The Hall–Kier alpha value is -1.51. The summed E-state index contributed by atoms with van der Waals surface area (Å²) in [4.78, 5) is 11.4. The van der Waals surface area contributed by atoms with Crippen molar-refractivity contribution in [3.8, 4) is 5.75 Å². The van der Waals surface area contributed by atoms with Gasteiger partial charge in [0, 0.05) is 0 Å². The predicted molar refractivity (Wildman–Crippen MR) is 79.0 cm³/mol. The second kappa shape index (κ2) is 6.29. The van der Waals surface area contributed by atoms with Crippen molar-refractivity contribution >= 4 is 5.97 Å². The highest BCUT2D eigenvalue weighted by molar-refractivity contribution is 5.74. The maximum absolute atomic E-state index is 11.4. The molecule has 1 aliphatic rings. The van der Waals surface area contributed by atoms with Gasteiger partial charge in [-0.15, -0.1) is 0 Å². The molecule has 0 heterocycles. The molecule has 1 aromatic rings. The lowest BCUT2D eigenvalue weighted by Crippen LogP contribution is -2.35. The highest BCUT2D eigenvalue weighted by Crippen LogP contribution is 2.42. The molecular formula is C17H24O3. The van der Waals surface area contributed by atoms with E-state index in [1.54, 1.807) is 7.11 Å². The highest BCUT2D eigenvalue weighted by Gasteiger charge is 2.40. The molecule has 0 aliphatic heterocycles. The molecule has 0 unspecified atom stereocenters. The van der Waals surface area contributed by atoms with Crippen LogP contribution >= 0.6 is 0 Å². The minimum Gasteiger partial charge on any atom is -0.497 e. The van der Waals surface area contributed by atoms with Crippen LogP contribution in [0.1, 0.15) is 44.6 Å². The summed E-state index contributed by atoms with van der Waals surface area (Å²) in [7, 11) is 1.67. The van der Waals surface area contributed by atoms with Gasteiger partial charge in [0.1, 0.15) is 5.75 Å². The fraction of sp³-hybridized carbons (Fsp3) is 0.588. The van der Waals surface area contributed by atoms with Gasteiger partial charge in [-0.05, 0) is 62.1 Å². The molecule has 3 heteroatoms. The lowest BCUT2D eigenvalue weighted by molar-refractivity contribution is -0.151. The van der Waals surface area contributed by atoms with Gasteiger partial charge in [-0.2, -0.15) is 0 Å². The number of carboxylic acid groups (broad SMARTS) is 1. The summed E-state index contributed by atoms with van der Waals surface area (Å²) in [5.41, 5.74) is 0.853. The molecular weight excluding hydrogens is 252 g/mol. The van der Waals surface area contributed by atoms with E-state index >= 15 is 0 Å². The summed E-state index contributed by atoms with van der Waals surface area (Å²) < 4.78 is 5.16. The number of hydrogen-bond acceptors (Lipinski definition) is 2. The minimum atomic E-state index is -0.608. The Balaban J connectivity index is 1.92. The van der Waals surface area contributed by atoms with Crippen molar-refractivity contribution in [3.63, 3.8) is 0 Å². The molecule has 0 spiro atoms. The lowest BCUT2D eigenvalue weighted by atomic mass is 9.68. The standard InChI is InChI=1S/C17H24O3/c1-3-17(16(18)19)10-8-14(9-11-17)12-13-4-6-15(20-2)7-5-13/h4-7,14H,3,8-12H2,1-2H3,(H,18,19). The van der Waals surface area contributed by atoms with Crippen molar-refractivity contribution in [3.05, 3.63) is 29.8 Å². The van der Waals surface area contributed by atoms with Crippen molar-refractivity contribution in [2.75, 3.05) is 7.11 Å². The van der Waals surface area contributed by atoms with Crippen LogP contribution in [0.2, 0.25) is 0 Å². The van der Waals surface area contributed by atoms with E-state index in [4.69, 9.17) is 4.74 Å². The van der Waals surface area contributed by atoms with Crippen LogP contribution in [0.15, 0.2) is 24.3 Å². The molecule has 1 saturated carbocycles. The van der Waals surface area contributed by atoms with Crippen LogP contribution in [0.4, 0.5) is 0 Å². The Bertz CT molecular complexity index is 442. The van der Waals surface area contributed by atoms with E-state index in [-0.39, 0.29) is 0 Å². The molecule has 0 saturated heterocycles. The van der Waals surface area contributed by atoms with Gasteiger partial charge >= 0.3 is 5.97 Å². The third-order valence-corrected chi connectivity index (χ3v) is 4.88. The predicted octanol–water partition coefficient (Wildman–Crippen LogP) is 3.91. The average molecular weight is 276 g/mol. The first-order chi connectivity index (χ1) is 9.59. The molecule has 20 heavy (non-hydrogen) atoms. The van der Waals surface area contributed by atoms with Crippen LogP contribution in [0.25, 0.3) is 0 Å². The quantitative estimate of drug-likeness (QED) is 0.887. The van der Waals surface area contributed by atoms with Crippen LogP contribution in [0.5, 0.6) is 5.75 Å². The van der Waals surface area contributed by atoms with E-state index in [2.05, 4.69) is 12.1 Å². The van der Waals surface area contributed by atoms with Gasteiger partial charge in [-0.1, -0.05) is 19.1 Å². The van der Waals surface area contributed by atoms with Crippen LogP contribution in [0.3, 0.4) is 0 Å². The Labute approximate surface area is 121 Å². The third-order valence-electron chi connectivity index (χ3n) is 4.88. The summed E-state index contributed by atoms with van der Waals surface area (Å²) in [6.07, 6.45) is 5.47. The number of ether oxygens (including phenoxy) is 1. The number of aliphatic carboxylic acids is 1. The van der Waals surface area contributed by atoms with Gasteiger partial charge in [-0.25, -0.2) is 0 Å². The number of carbonyl (C=O) groups is 1. The SMILES string of the molecule is CCC1(C(=O)O)CCC(Cc2ccc(OC)cc2)CC1. The Kier molecular flexibility index (Phi) is 4.69. The lowest BCUT2D eigenvalue weighted by Gasteiger charge is -2.36. The van der Waals surface area contributed by atoms with Gasteiger partial charge in [0.25, 0.3) is 0 Å². The molecule has 0 bridgehead atoms. The van der Waals surface area contributed by atoms with E-state index in [1.165, 1.54) is 5.56 Å². The summed E-state index contributed by atoms with van der Waals surface area (Å²) in [6.45, 7) is 2.00. The van der Waals surface area contributed by atoms with E-state index in [1.807, 2.05) is 19.1 Å². The molecule has 1 N–H and O–H groups in total. The van der Waals surface area contributed by atoms with E-state index in [0.29, 0.717) is 5.92 Å². The Morgan fingerprint density at radius 3 is 2.35 bits per heavy atom. The highest BCUT2D eigenvalue weighted by atomic mass is 16.5. The molecule has 1 aromatic carbocycles. The molecule has 0 aromatic heterocycles. The topological polar surface area (TPSA) is 46.5 Å². The number of benzene rings is 1. The fourth-order valence-corrected chi connectivity index (χ4v) is 3.25. The van der Waals surface area contributed by atoms with Crippen molar-refractivity contribution < 1.29 is 14.6 Å². The first-order valence-electron chi connectivity index (χ1n) is 7.46. The van der Waals surface area contributed by atoms with Gasteiger partial charge in [0.15, 0.2) is 0 Å². The van der Waals surface area contributed by atoms with Crippen LogP contribution < -0.4 is 4.74 Å². The molecule has 0 radical (unpaired) electrons. The third kappa shape index (κ3) is 3.14. The number of carboxylic acids is 1. The first kappa shape index (κ1) is 14.9. The molecule has 110 valence electrons. The van der Waals surface area contributed by atoms with Gasteiger partial charge in [-0.3, -0.25) is 4.79 Å². The summed E-state index contributed by atoms with van der Waals surface area (Å²) in [6, 6.07) is 8.20. The number of methoxy groups -OCH3 is 1. The van der Waals surface area contributed by atoms with Gasteiger partial charge in [0.2, 0.25) is 0 Å².